The fourth-order valence-corrected chi connectivity index (χ4v) is 1.79. The third-order valence-corrected chi connectivity index (χ3v) is 2.66. The number of nitrogens with zero attached hydrogens (tertiary/aromatic N) is 3. The summed E-state index contributed by atoms with van der Waals surface area (Å²) in [6, 6.07) is 1.75. The van der Waals surface area contributed by atoms with E-state index in [-0.39, 0.29) is 0 Å². The van der Waals surface area contributed by atoms with Crippen LogP contribution in [0.25, 0.3) is 0 Å². The Balaban J connectivity index is 2.10. The van der Waals surface area contributed by atoms with Crippen LogP contribution in [0.15, 0.2) is 27.4 Å². The van der Waals surface area contributed by atoms with Crippen molar-refractivity contribution in [1.82, 2.24) is 15.0 Å². The highest BCUT2D eigenvalue weighted by Crippen LogP contribution is 2.26. The average molecular weight is 272 g/mol. The SMILES string of the molecule is Cn1cc(CC(O)c2occc2Br)nn1. The third kappa shape index (κ3) is 2.27. The third-order valence-electron chi connectivity index (χ3n) is 2.00. The van der Waals surface area contributed by atoms with Crippen molar-refractivity contribution in [3.63, 3.8) is 0 Å². The maximum absolute atomic E-state index is 9.85. The van der Waals surface area contributed by atoms with Crippen LogP contribution in [0.4, 0.5) is 0 Å². The number of aryl methyl sites for hydroxylation is 1. The summed E-state index contributed by atoms with van der Waals surface area (Å²) < 4.78 is 7.51. The molecule has 0 radical (unpaired) electrons. The summed E-state index contributed by atoms with van der Waals surface area (Å²) in [4.78, 5) is 0. The van der Waals surface area contributed by atoms with Crippen LogP contribution in [0, 0.1) is 0 Å². The molecule has 6 heteroatoms. The van der Waals surface area contributed by atoms with Crippen molar-refractivity contribution in [2.75, 3.05) is 0 Å². The minimum atomic E-state index is -0.703. The first kappa shape index (κ1) is 10.4. The van der Waals surface area contributed by atoms with E-state index >= 15 is 0 Å². The van der Waals surface area contributed by atoms with Crippen molar-refractivity contribution >= 4 is 15.9 Å². The molecule has 0 bridgehead atoms. The van der Waals surface area contributed by atoms with Gasteiger partial charge < -0.3 is 9.52 Å². The van der Waals surface area contributed by atoms with Gasteiger partial charge in [-0.15, -0.1) is 5.10 Å². The second-order valence-electron chi connectivity index (χ2n) is 3.24. The molecule has 2 aromatic heterocycles. The van der Waals surface area contributed by atoms with Crippen molar-refractivity contribution in [2.24, 2.45) is 7.05 Å². The Morgan fingerprint density at radius 2 is 2.47 bits per heavy atom. The van der Waals surface area contributed by atoms with Gasteiger partial charge in [0.15, 0.2) is 0 Å². The van der Waals surface area contributed by atoms with Gasteiger partial charge in [-0.1, -0.05) is 5.21 Å². The van der Waals surface area contributed by atoms with Crippen LogP contribution in [0.2, 0.25) is 0 Å². The van der Waals surface area contributed by atoms with Crippen LogP contribution in [0.1, 0.15) is 17.6 Å². The van der Waals surface area contributed by atoms with Crippen LogP contribution < -0.4 is 0 Å². The molecule has 0 saturated carbocycles. The number of halogens is 1. The van der Waals surface area contributed by atoms with Gasteiger partial charge in [0, 0.05) is 19.7 Å². The molecule has 0 aliphatic rings. The van der Waals surface area contributed by atoms with Crippen molar-refractivity contribution in [1.29, 1.82) is 0 Å². The Bertz CT molecular complexity index is 452. The second kappa shape index (κ2) is 4.16. The van der Waals surface area contributed by atoms with E-state index in [0.717, 1.165) is 10.2 Å². The molecule has 0 saturated heterocycles. The molecule has 0 spiro atoms. The molecule has 2 aromatic rings. The fraction of sp³-hybridized carbons (Fsp3) is 0.333. The maximum atomic E-state index is 9.85. The van der Waals surface area contributed by atoms with E-state index in [1.807, 2.05) is 0 Å². The Labute approximate surface area is 94.8 Å². The topological polar surface area (TPSA) is 64.1 Å². The van der Waals surface area contributed by atoms with E-state index in [0.29, 0.717) is 12.2 Å². The average Bonchev–Trinajstić information content (AvgIpc) is 2.75. The van der Waals surface area contributed by atoms with E-state index in [4.69, 9.17) is 4.42 Å². The summed E-state index contributed by atoms with van der Waals surface area (Å²) in [6.07, 6.45) is 2.98. The molecular weight excluding hydrogens is 262 g/mol. The van der Waals surface area contributed by atoms with E-state index in [1.165, 1.54) is 6.26 Å². The first-order valence-corrected chi connectivity index (χ1v) is 5.22. The van der Waals surface area contributed by atoms with Gasteiger partial charge in [0.1, 0.15) is 11.9 Å². The maximum Gasteiger partial charge on any atom is 0.146 e. The smallest absolute Gasteiger partial charge is 0.146 e. The molecule has 0 aliphatic carbocycles. The van der Waals surface area contributed by atoms with E-state index in [9.17, 15) is 5.11 Å². The number of hydrogen-bond acceptors (Lipinski definition) is 4. The quantitative estimate of drug-likeness (QED) is 0.918. The summed E-state index contributed by atoms with van der Waals surface area (Å²) in [7, 11) is 1.78. The van der Waals surface area contributed by atoms with Gasteiger partial charge in [0.2, 0.25) is 0 Å². The summed E-state index contributed by atoms with van der Waals surface area (Å²) in [6.45, 7) is 0. The number of aromatic nitrogens is 3. The zero-order valence-electron chi connectivity index (χ0n) is 8.09. The highest BCUT2D eigenvalue weighted by Gasteiger charge is 2.16. The largest absolute Gasteiger partial charge is 0.465 e. The molecule has 0 aliphatic heterocycles. The molecule has 1 atom stereocenters. The lowest BCUT2D eigenvalue weighted by Crippen LogP contribution is -2.01. The Kier molecular flexibility index (Phi) is 2.88. The molecule has 2 heterocycles. The van der Waals surface area contributed by atoms with Crippen molar-refractivity contribution < 1.29 is 9.52 Å². The van der Waals surface area contributed by atoms with Crippen LogP contribution in [0.5, 0.6) is 0 Å². The zero-order valence-corrected chi connectivity index (χ0v) is 9.68. The van der Waals surface area contributed by atoms with E-state index in [1.54, 1.807) is 24.0 Å². The standard InChI is InChI=1S/C9H10BrN3O2/c1-13-5-6(11-12-13)4-8(14)9-7(10)2-3-15-9/h2-3,5,8,14H,4H2,1H3. The predicted molar refractivity (Wildman–Crippen MR) is 56.1 cm³/mol. The molecule has 0 fully saturated rings. The van der Waals surface area contributed by atoms with Crippen LogP contribution in [-0.4, -0.2) is 20.1 Å². The van der Waals surface area contributed by atoms with Gasteiger partial charge in [0.25, 0.3) is 0 Å². The van der Waals surface area contributed by atoms with Crippen molar-refractivity contribution in [3.05, 3.63) is 34.5 Å². The summed E-state index contributed by atoms with van der Waals surface area (Å²) in [5.74, 6) is 0.514. The highest BCUT2D eigenvalue weighted by molar-refractivity contribution is 9.10. The van der Waals surface area contributed by atoms with Crippen LogP contribution in [-0.2, 0) is 13.5 Å². The van der Waals surface area contributed by atoms with Crippen LogP contribution in [0.3, 0.4) is 0 Å². The van der Waals surface area contributed by atoms with Crippen molar-refractivity contribution in [2.45, 2.75) is 12.5 Å². The molecule has 0 amide bonds. The predicted octanol–water partition coefficient (Wildman–Crippen LogP) is 1.45. The Morgan fingerprint density at radius 1 is 1.67 bits per heavy atom. The molecular formula is C9H10BrN3O2. The lowest BCUT2D eigenvalue weighted by atomic mass is 10.1. The van der Waals surface area contributed by atoms with Gasteiger partial charge in [0.05, 0.1) is 16.4 Å². The monoisotopic (exact) mass is 271 g/mol. The van der Waals surface area contributed by atoms with E-state index in [2.05, 4.69) is 26.2 Å². The number of hydrogen-bond donors (Lipinski definition) is 1. The lowest BCUT2D eigenvalue weighted by molar-refractivity contribution is 0.148. The summed E-state index contributed by atoms with van der Waals surface area (Å²) in [5, 5.41) is 17.5. The first-order valence-electron chi connectivity index (χ1n) is 4.43. The Morgan fingerprint density at radius 3 is 3.00 bits per heavy atom. The molecule has 80 valence electrons. The number of aliphatic hydroxyl groups excluding tert-OH is 1. The molecule has 5 nitrogen and oxygen atoms in total. The number of furan rings is 1. The highest BCUT2D eigenvalue weighted by atomic mass is 79.9. The Hall–Kier alpha value is -1.14. The fourth-order valence-electron chi connectivity index (χ4n) is 1.32. The van der Waals surface area contributed by atoms with Gasteiger partial charge in [-0.3, -0.25) is 4.68 Å². The summed E-state index contributed by atoms with van der Waals surface area (Å²) >= 11 is 3.29. The minimum Gasteiger partial charge on any atom is -0.465 e. The summed E-state index contributed by atoms with van der Waals surface area (Å²) in [5.41, 5.74) is 0.730. The number of aliphatic hydroxyl groups is 1. The molecule has 0 aromatic carbocycles. The van der Waals surface area contributed by atoms with Gasteiger partial charge >= 0.3 is 0 Å². The number of rotatable bonds is 3. The van der Waals surface area contributed by atoms with Crippen molar-refractivity contribution in [3.8, 4) is 0 Å². The lowest BCUT2D eigenvalue weighted by Gasteiger charge is -2.05. The van der Waals surface area contributed by atoms with Gasteiger partial charge in [-0.05, 0) is 22.0 Å². The minimum absolute atomic E-state index is 0.389. The molecule has 15 heavy (non-hydrogen) atoms. The molecule has 2 rings (SSSR count). The molecule has 1 N–H and O–H groups in total. The molecule has 1 unspecified atom stereocenters. The first-order chi connectivity index (χ1) is 7.16. The van der Waals surface area contributed by atoms with Gasteiger partial charge in [-0.25, -0.2) is 0 Å². The zero-order chi connectivity index (χ0) is 10.8. The second-order valence-corrected chi connectivity index (χ2v) is 4.09. The van der Waals surface area contributed by atoms with Crippen LogP contribution >= 0.6 is 15.9 Å². The normalized spacial score (nSPS) is 13.0. The van der Waals surface area contributed by atoms with Gasteiger partial charge in [-0.2, -0.15) is 0 Å². The van der Waals surface area contributed by atoms with E-state index < -0.39 is 6.10 Å².